The van der Waals surface area contributed by atoms with Crippen LogP contribution in [0.15, 0.2) is 54.6 Å². The number of ether oxygens (including phenoxy) is 2. The highest BCUT2D eigenvalue weighted by Crippen LogP contribution is 2.27. The van der Waals surface area contributed by atoms with Crippen LogP contribution in [-0.4, -0.2) is 30.3 Å². The number of anilines is 2. The van der Waals surface area contributed by atoms with Crippen LogP contribution in [0, 0.1) is 5.82 Å². The summed E-state index contributed by atoms with van der Waals surface area (Å²) in [4.78, 5) is 12.1. The fourth-order valence-corrected chi connectivity index (χ4v) is 2.47. The smallest absolute Gasteiger partial charge is 0.256 e. The third-order valence-corrected chi connectivity index (χ3v) is 3.93. The molecule has 0 saturated heterocycles. The summed E-state index contributed by atoms with van der Waals surface area (Å²) in [5.41, 5.74) is 1.31. The van der Waals surface area contributed by atoms with Gasteiger partial charge in [-0.2, -0.15) is 0 Å². The molecular weight excluding hydrogens is 363 g/mol. The monoisotopic (exact) mass is 382 g/mol. The minimum absolute atomic E-state index is 0.297. The van der Waals surface area contributed by atoms with Gasteiger partial charge in [-0.05, 0) is 54.1 Å². The van der Waals surface area contributed by atoms with Crippen LogP contribution in [-0.2, 0) is 6.54 Å². The lowest BCUT2D eigenvalue weighted by molar-refractivity contribution is 0.102. The molecule has 0 radical (unpaired) electrons. The molecule has 3 rings (SSSR count). The first-order valence-corrected chi connectivity index (χ1v) is 8.44. The molecule has 8 heteroatoms. The molecule has 28 heavy (non-hydrogen) atoms. The van der Waals surface area contributed by atoms with E-state index < -0.39 is 5.82 Å². The Balaban J connectivity index is 1.58. The zero-order chi connectivity index (χ0) is 19.9. The number of aromatic nitrogens is 2. The Kier molecular flexibility index (Phi) is 6.01. The molecule has 144 valence electrons. The molecule has 1 heterocycles. The van der Waals surface area contributed by atoms with E-state index in [1.165, 1.54) is 24.3 Å². The topological polar surface area (TPSA) is 85.4 Å². The quantitative estimate of drug-likeness (QED) is 0.651. The van der Waals surface area contributed by atoms with E-state index in [1.807, 2.05) is 18.2 Å². The Morgan fingerprint density at radius 2 is 1.61 bits per heavy atom. The summed E-state index contributed by atoms with van der Waals surface area (Å²) in [6.45, 7) is 0.510. The van der Waals surface area contributed by atoms with E-state index in [9.17, 15) is 9.18 Å². The van der Waals surface area contributed by atoms with E-state index in [2.05, 4.69) is 20.8 Å². The Bertz CT molecular complexity index is 947. The van der Waals surface area contributed by atoms with Gasteiger partial charge in [0.2, 0.25) is 0 Å². The van der Waals surface area contributed by atoms with Crippen molar-refractivity contribution in [2.75, 3.05) is 24.9 Å². The average molecular weight is 382 g/mol. The molecule has 0 unspecified atom stereocenters. The van der Waals surface area contributed by atoms with Gasteiger partial charge >= 0.3 is 0 Å². The van der Waals surface area contributed by atoms with E-state index in [0.29, 0.717) is 35.2 Å². The van der Waals surface area contributed by atoms with Crippen molar-refractivity contribution < 1.29 is 18.7 Å². The molecule has 2 N–H and O–H groups in total. The first kappa shape index (κ1) is 19.1. The van der Waals surface area contributed by atoms with Crippen molar-refractivity contribution in [3.8, 4) is 11.5 Å². The zero-order valence-corrected chi connectivity index (χ0v) is 15.4. The van der Waals surface area contributed by atoms with Crippen molar-refractivity contribution in [3.05, 3.63) is 71.5 Å². The predicted molar refractivity (Wildman–Crippen MR) is 103 cm³/mol. The third kappa shape index (κ3) is 4.73. The lowest BCUT2D eigenvalue weighted by Gasteiger charge is -2.10. The van der Waals surface area contributed by atoms with E-state index >= 15 is 0 Å². The first-order valence-electron chi connectivity index (χ1n) is 8.44. The maximum atomic E-state index is 12.9. The van der Waals surface area contributed by atoms with Crippen molar-refractivity contribution in [3.63, 3.8) is 0 Å². The van der Waals surface area contributed by atoms with Crippen LogP contribution in [0.5, 0.6) is 11.5 Å². The molecule has 0 atom stereocenters. The largest absolute Gasteiger partial charge is 0.493 e. The third-order valence-electron chi connectivity index (χ3n) is 3.93. The maximum Gasteiger partial charge on any atom is 0.256 e. The summed E-state index contributed by atoms with van der Waals surface area (Å²) in [5.74, 6) is 1.36. The molecule has 0 bridgehead atoms. The minimum Gasteiger partial charge on any atom is -0.493 e. The van der Waals surface area contributed by atoms with Crippen LogP contribution in [0.1, 0.15) is 15.9 Å². The summed E-state index contributed by atoms with van der Waals surface area (Å²) in [6, 6.07) is 14.2. The van der Waals surface area contributed by atoms with Crippen molar-refractivity contribution in [1.29, 1.82) is 0 Å². The molecule has 0 aliphatic rings. The molecule has 3 aromatic rings. The van der Waals surface area contributed by atoms with Crippen LogP contribution in [0.2, 0.25) is 0 Å². The number of halogens is 1. The SMILES string of the molecule is COc1ccc(CNc2ccc(NC(=O)c3ccc(F)cc3)nn2)cc1OC. The summed E-state index contributed by atoms with van der Waals surface area (Å²) >= 11 is 0. The number of methoxy groups -OCH3 is 2. The van der Waals surface area contributed by atoms with Gasteiger partial charge in [-0.1, -0.05) is 6.07 Å². The van der Waals surface area contributed by atoms with Gasteiger partial charge in [0.05, 0.1) is 14.2 Å². The Morgan fingerprint density at radius 1 is 0.929 bits per heavy atom. The Labute approximate surface area is 161 Å². The maximum absolute atomic E-state index is 12.9. The minimum atomic E-state index is -0.402. The van der Waals surface area contributed by atoms with Crippen molar-refractivity contribution in [2.24, 2.45) is 0 Å². The van der Waals surface area contributed by atoms with Crippen molar-refractivity contribution >= 4 is 17.5 Å². The van der Waals surface area contributed by atoms with E-state index in [1.54, 1.807) is 26.4 Å². The van der Waals surface area contributed by atoms with Crippen LogP contribution >= 0.6 is 0 Å². The molecule has 0 spiro atoms. The van der Waals surface area contributed by atoms with Gasteiger partial charge in [0.15, 0.2) is 17.3 Å². The van der Waals surface area contributed by atoms with Gasteiger partial charge in [0, 0.05) is 12.1 Å². The number of amides is 1. The standard InChI is InChI=1S/C20H19FN4O3/c1-27-16-8-3-13(11-17(16)28-2)12-22-18-9-10-19(25-24-18)23-20(26)14-4-6-15(21)7-5-14/h3-11H,12H2,1-2H3,(H,22,24)(H,23,25,26). The van der Waals surface area contributed by atoms with Gasteiger partial charge < -0.3 is 20.1 Å². The summed E-state index contributed by atoms with van der Waals surface area (Å²) in [7, 11) is 3.17. The molecule has 0 aliphatic heterocycles. The van der Waals surface area contributed by atoms with Crippen LogP contribution in [0.3, 0.4) is 0 Å². The fraction of sp³-hybridized carbons (Fsp3) is 0.150. The molecular formula is C20H19FN4O3. The molecule has 2 aromatic carbocycles. The van der Waals surface area contributed by atoms with E-state index in [4.69, 9.17) is 9.47 Å². The second-order valence-electron chi connectivity index (χ2n) is 5.81. The predicted octanol–water partition coefficient (Wildman–Crippen LogP) is 3.50. The lowest BCUT2D eigenvalue weighted by atomic mass is 10.2. The molecule has 0 saturated carbocycles. The van der Waals surface area contributed by atoms with Crippen molar-refractivity contribution in [2.45, 2.75) is 6.54 Å². The number of carbonyl (C=O) groups excluding carboxylic acids is 1. The number of carbonyl (C=O) groups is 1. The highest BCUT2D eigenvalue weighted by Gasteiger charge is 2.08. The number of benzene rings is 2. The number of nitrogens with zero attached hydrogens (tertiary/aromatic N) is 2. The normalized spacial score (nSPS) is 10.2. The molecule has 7 nitrogen and oxygen atoms in total. The average Bonchev–Trinajstić information content (AvgIpc) is 2.73. The van der Waals surface area contributed by atoms with Gasteiger partial charge in [-0.15, -0.1) is 10.2 Å². The fourth-order valence-electron chi connectivity index (χ4n) is 2.47. The highest BCUT2D eigenvalue weighted by molar-refractivity contribution is 6.03. The van der Waals surface area contributed by atoms with Gasteiger partial charge in [-0.25, -0.2) is 4.39 Å². The molecule has 1 aromatic heterocycles. The van der Waals surface area contributed by atoms with Gasteiger partial charge in [0.25, 0.3) is 5.91 Å². The number of rotatable bonds is 7. The molecule has 0 fully saturated rings. The summed E-state index contributed by atoms with van der Waals surface area (Å²) < 4.78 is 23.4. The van der Waals surface area contributed by atoms with E-state index in [-0.39, 0.29) is 5.91 Å². The zero-order valence-electron chi connectivity index (χ0n) is 15.4. The second-order valence-corrected chi connectivity index (χ2v) is 5.81. The first-order chi connectivity index (χ1) is 13.6. The Hall–Kier alpha value is -3.68. The lowest BCUT2D eigenvalue weighted by Crippen LogP contribution is -2.13. The van der Waals surface area contributed by atoms with Crippen LogP contribution in [0.4, 0.5) is 16.0 Å². The Morgan fingerprint density at radius 3 is 2.25 bits per heavy atom. The van der Waals surface area contributed by atoms with Gasteiger partial charge in [-0.3, -0.25) is 4.79 Å². The number of nitrogens with one attached hydrogen (secondary N) is 2. The van der Waals surface area contributed by atoms with E-state index in [0.717, 1.165) is 5.56 Å². The second kappa shape index (κ2) is 8.81. The summed E-state index contributed by atoms with van der Waals surface area (Å²) in [6.07, 6.45) is 0. The number of hydrogen-bond acceptors (Lipinski definition) is 6. The number of hydrogen-bond donors (Lipinski definition) is 2. The molecule has 1 amide bonds. The summed E-state index contributed by atoms with van der Waals surface area (Å²) in [5, 5.41) is 13.8. The van der Waals surface area contributed by atoms with Crippen molar-refractivity contribution in [1.82, 2.24) is 10.2 Å². The van der Waals surface area contributed by atoms with Crippen LogP contribution in [0.25, 0.3) is 0 Å². The van der Waals surface area contributed by atoms with Gasteiger partial charge in [0.1, 0.15) is 11.6 Å². The van der Waals surface area contributed by atoms with Crippen LogP contribution < -0.4 is 20.1 Å². The highest BCUT2D eigenvalue weighted by atomic mass is 19.1. The molecule has 0 aliphatic carbocycles.